The molecule has 3 amide bonds. The Hall–Kier alpha value is -3.85. The number of hydrogen-bond donors (Lipinski definition) is 2. The van der Waals surface area contributed by atoms with Crippen LogP contribution in [0.2, 0.25) is 0 Å². The first-order valence-corrected chi connectivity index (χ1v) is 13.4. The van der Waals surface area contributed by atoms with Gasteiger partial charge in [0.05, 0.1) is 30.8 Å². The zero-order chi connectivity index (χ0) is 27.7. The molecule has 1 atom stereocenters. The van der Waals surface area contributed by atoms with Gasteiger partial charge in [-0.3, -0.25) is 19.3 Å². The Morgan fingerprint density at radius 2 is 1.79 bits per heavy atom. The van der Waals surface area contributed by atoms with Gasteiger partial charge in [-0.1, -0.05) is 37.3 Å². The van der Waals surface area contributed by atoms with Crippen LogP contribution in [0.3, 0.4) is 0 Å². The maximum absolute atomic E-state index is 14.0. The molecule has 1 aromatic heterocycles. The lowest BCUT2D eigenvalue weighted by atomic mass is 9.98. The Balaban J connectivity index is 2.12. The van der Waals surface area contributed by atoms with E-state index in [2.05, 4.69) is 10.6 Å². The number of ether oxygens (including phenoxy) is 2. The van der Waals surface area contributed by atoms with Crippen LogP contribution in [0.15, 0.2) is 66.0 Å². The molecule has 0 radical (unpaired) electrons. The van der Waals surface area contributed by atoms with Crippen LogP contribution in [0.25, 0.3) is 0 Å². The Kier molecular flexibility index (Phi) is 9.90. The van der Waals surface area contributed by atoms with E-state index in [9.17, 15) is 14.4 Å². The minimum Gasteiger partial charge on any atom is -0.497 e. The van der Waals surface area contributed by atoms with Crippen molar-refractivity contribution < 1.29 is 23.9 Å². The first-order valence-electron chi connectivity index (χ1n) is 12.5. The lowest BCUT2D eigenvalue weighted by Gasteiger charge is -2.35. The SMILES string of the molecule is CCOc1ccccc1N(C(=O)CNC(=O)c1cccs1)[C@@H](C(=O)NC(C)(C)CC)c1cccc(OC)c1. The van der Waals surface area contributed by atoms with Crippen molar-refractivity contribution in [3.63, 3.8) is 0 Å². The summed E-state index contributed by atoms with van der Waals surface area (Å²) in [5.41, 5.74) is 0.454. The third-order valence-corrected chi connectivity index (χ3v) is 6.97. The van der Waals surface area contributed by atoms with Gasteiger partial charge in [0.1, 0.15) is 17.5 Å². The Labute approximate surface area is 228 Å². The van der Waals surface area contributed by atoms with Crippen molar-refractivity contribution in [3.8, 4) is 11.5 Å². The van der Waals surface area contributed by atoms with Gasteiger partial charge >= 0.3 is 0 Å². The summed E-state index contributed by atoms with van der Waals surface area (Å²) in [7, 11) is 1.54. The molecule has 8 nitrogen and oxygen atoms in total. The quantitative estimate of drug-likeness (QED) is 0.340. The minimum absolute atomic E-state index is 0.317. The summed E-state index contributed by atoms with van der Waals surface area (Å²) in [5.74, 6) is -0.204. The zero-order valence-corrected chi connectivity index (χ0v) is 23.3. The molecule has 0 aliphatic carbocycles. The highest BCUT2D eigenvalue weighted by molar-refractivity contribution is 7.12. The summed E-state index contributed by atoms with van der Waals surface area (Å²) in [6, 6.07) is 16.5. The van der Waals surface area contributed by atoms with Crippen molar-refractivity contribution >= 4 is 34.7 Å². The van der Waals surface area contributed by atoms with E-state index in [0.29, 0.717) is 40.7 Å². The molecule has 9 heteroatoms. The van der Waals surface area contributed by atoms with Gasteiger partial charge in [-0.05, 0) is 68.5 Å². The molecule has 0 saturated carbocycles. The molecular formula is C29H35N3O5S. The number of nitrogens with one attached hydrogen (secondary N) is 2. The van der Waals surface area contributed by atoms with E-state index in [1.807, 2.05) is 27.7 Å². The largest absolute Gasteiger partial charge is 0.497 e. The van der Waals surface area contributed by atoms with E-state index < -0.39 is 17.5 Å². The molecule has 38 heavy (non-hydrogen) atoms. The average molecular weight is 538 g/mol. The van der Waals surface area contributed by atoms with E-state index in [-0.39, 0.29) is 18.4 Å². The number of carbonyl (C=O) groups excluding carboxylic acids is 3. The van der Waals surface area contributed by atoms with E-state index in [4.69, 9.17) is 9.47 Å². The molecule has 2 N–H and O–H groups in total. The second kappa shape index (κ2) is 13.1. The van der Waals surface area contributed by atoms with Crippen LogP contribution in [-0.4, -0.2) is 43.5 Å². The van der Waals surface area contributed by atoms with Gasteiger partial charge in [0, 0.05) is 5.54 Å². The molecule has 0 unspecified atom stereocenters. The van der Waals surface area contributed by atoms with Crippen molar-refractivity contribution in [1.82, 2.24) is 10.6 Å². The minimum atomic E-state index is -1.07. The van der Waals surface area contributed by atoms with Crippen LogP contribution >= 0.6 is 11.3 Å². The maximum atomic E-state index is 14.0. The van der Waals surface area contributed by atoms with Gasteiger partial charge in [0.25, 0.3) is 5.91 Å². The zero-order valence-electron chi connectivity index (χ0n) is 22.4. The summed E-state index contributed by atoms with van der Waals surface area (Å²) < 4.78 is 11.3. The predicted octanol–water partition coefficient (Wildman–Crippen LogP) is 4.96. The lowest BCUT2D eigenvalue weighted by Crippen LogP contribution is -2.52. The van der Waals surface area contributed by atoms with Gasteiger partial charge < -0.3 is 20.1 Å². The molecule has 202 valence electrons. The summed E-state index contributed by atoms with van der Waals surface area (Å²) in [6.45, 7) is 7.73. The summed E-state index contributed by atoms with van der Waals surface area (Å²) in [6.07, 6.45) is 0.684. The van der Waals surface area contributed by atoms with Crippen molar-refractivity contribution in [2.75, 3.05) is 25.2 Å². The molecule has 0 spiro atoms. The molecule has 0 aliphatic rings. The third kappa shape index (κ3) is 7.13. The number of hydrogen-bond acceptors (Lipinski definition) is 6. The smallest absolute Gasteiger partial charge is 0.261 e. The van der Waals surface area contributed by atoms with Gasteiger partial charge in [-0.25, -0.2) is 0 Å². The molecule has 1 heterocycles. The number of rotatable bonds is 12. The van der Waals surface area contributed by atoms with Crippen LogP contribution in [0.1, 0.15) is 55.4 Å². The molecule has 0 saturated heterocycles. The number of thiophene rings is 1. The maximum Gasteiger partial charge on any atom is 0.261 e. The Morgan fingerprint density at radius 3 is 2.45 bits per heavy atom. The van der Waals surface area contributed by atoms with Crippen molar-refractivity contribution in [3.05, 3.63) is 76.5 Å². The highest BCUT2D eigenvalue weighted by atomic mass is 32.1. The second-order valence-electron chi connectivity index (χ2n) is 9.23. The van der Waals surface area contributed by atoms with Crippen molar-refractivity contribution in [1.29, 1.82) is 0 Å². The Bertz CT molecular complexity index is 1240. The Morgan fingerprint density at radius 1 is 1.03 bits per heavy atom. The van der Waals surface area contributed by atoms with Gasteiger partial charge in [0.15, 0.2) is 0 Å². The number of benzene rings is 2. The number of para-hydroxylation sites is 2. The van der Waals surface area contributed by atoms with E-state index >= 15 is 0 Å². The number of anilines is 1. The first kappa shape index (κ1) is 28.7. The average Bonchev–Trinajstić information content (AvgIpc) is 3.46. The van der Waals surface area contributed by atoms with Crippen LogP contribution in [-0.2, 0) is 9.59 Å². The lowest BCUT2D eigenvalue weighted by molar-refractivity contribution is -0.127. The van der Waals surface area contributed by atoms with Crippen LogP contribution in [0.5, 0.6) is 11.5 Å². The molecule has 3 rings (SSSR count). The second-order valence-corrected chi connectivity index (χ2v) is 10.2. The molecule has 0 bridgehead atoms. The van der Waals surface area contributed by atoms with Gasteiger partial charge in [-0.2, -0.15) is 0 Å². The van der Waals surface area contributed by atoms with E-state index in [1.165, 1.54) is 16.2 Å². The van der Waals surface area contributed by atoms with Crippen LogP contribution in [0.4, 0.5) is 5.69 Å². The summed E-state index contributed by atoms with van der Waals surface area (Å²) >= 11 is 1.28. The first-order chi connectivity index (χ1) is 18.2. The third-order valence-electron chi connectivity index (χ3n) is 6.10. The van der Waals surface area contributed by atoms with E-state index in [0.717, 1.165) is 0 Å². The number of nitrogens with zero attached hydrogens (tertiary/aromatic N) is 1. The van der Waals surface area contributed by atoms with Gasteiger partial charge in [-0.15, -0.1) is 11.3 Å². The number of carbonyl (C=O) groups is 3. The molecule has 3 aromatic rings. The van der Waals surface area contributed by atoms with E-state index in [1.54, 1.807) is 73.2 Å². The fourth-order valence-corrected chi connectivity index (χ4v) is 4.45. The summed E-state index contributed by atoms with van der Waals surface area (Å²) in [4.78, 5) is 42.4. The highest BCUT2D eigenvalue weighted by Crippen LogP contribution is 2.36. The molecule has 0 fully saturated rings. The van der Waals surface area contributed by atoms with Crippen LogP contribution in [0, 0.1) is 0 Å². The fourth-order valence-electron chi connectivity index (χ4n) is 3.81. The molecule has 2 aromatic carbocycles. The molecular weight excluding hydrogens is 502 g/mol. The molecule has 0 aliphatic heterocycles. The monoisotopic (exact) mass is 537 g/mol. The number of methoxy groups -OCH3 is 1. The normalized spacial score (nSPS) is 11.8. The van der Waals surface area contributed by atoms with Gasteiger partial charge in [0.2, 0.25) is 11.8 Å². The standard InChI is InChI=1S/C29H35N3O5S/c1-6-29(3,4)31-28(35)26(20-12-10-13-21(18-20)36-5)32(22-14-8-9-15-23(22)37-7-2)25(33)19-30-27(34)24-16-11-17-38-24/h8-18,26H,6-7,19H2,1-5H3,(H,30,34)(H,31,35)/t26-/m1/s1. The summed E-state index contributed by atoms with van der Waals surface area (Å²) in [5, 5.41) is 7.57. The predicted molar refractivity (Wildman–Crippen MR) is 150 cm³/mol. The van der Waals surface area contributed by atoms with Crippen LogP contribution < -0.4 is 25.0 Å². The van der Waals surface area contributed by atoms with Crippen molar-refractivity contribution in [2.45, 2.75) is 45.7 Å². The fraction of sp³-hybridized carbons (Fsp3) is 0.345. The van der Waals surface area contributed by atoms with Crippen molar-refractivity contribution in [2.24, 2.45) is 0 Å². The highest BCUT2D eigenvalue weighted by Gasteiger charge is 2.36. The topological polar surface area (TPSA) is 97.0 Å². The number of amides is 3.